The van der Waals surface area contributed by atoms with Crippen LogP contribution in [0, 0.1) is 6.92 Å². The Morgan fingerprint density at radius 2 is 2.05 bits per heavy atom. The van der Waals surface area contributed by atoms with E-state index in [0.717, 1.165) is 10.5 Å². The highest BCUT2D eigenvalue weighted by Gasteiger charge is 2.62. The van der Waals surface area contributed by atoms with E-state index in [9.17, 15) is 23.1 Å². The van der Waals surface area contributed by atoms with Gasteiger partial charge < -0.3 is 15.3 Å². The summed E-state index contributed by atoms with van der Waals surface area (Å²) in [5.74, 6) is 0. The van der Waals surface area contributed by atoms with E-state index in [0.29, 0.717) is 5.69 Å². The molecule has 2 amide bonds. The zero-order valence-corrected chi connectivity index (χ0v) is 10.2. The molecule has 1 aromatic rings. The highest BCUT2D eigenvalue weighted by Crippen LogP contribution is 2.37. The van der Waals surface area contributed by atoms with Gasteiger partial charge in [0.05, 0.1) is 13.1 Å². The van der Waals surface area contributed by atoms with Gasteiger partial charge in [0.15, 0.2) is 5.60 Å². The molecule has 2 N–H and O–H groups in total. The number of nitrogens with zero attached hydrogens (tertiary/aromatic N) is 1. The van der Waals surface area contributed by atoms with E-state index in [1.165, 1.54) is 0 Å². The van der Waals surface area contributed by atoms with Gasteiger partial charge in [-0.2, -0.15) is 13.2 Å². The lowest BCUT2D eigenvalue weighted by Crippen LogP contribution is -2.70. The first kappa shape index (κ1) is 13.7. The molecule has 4 nitrogen and oxygen atoms in total. The maximum atomic E-state index is 12.4. The van der Waals surface area contributed by atoms with E-state index < -0.39 is 30.9 Å². The molecule has 0 bridgehead atoms. The van der Waals surface area contributed by atoms with E-state index in [4.69, 9.17) is 0 Å². The van der Waals surface area contributed by atoms with Gasteiger partial charge in [-0.05, 0) is 24.6 Å². The Hall–Kier alpha value is -1.76. The second-order valence-electron chi connectivity index (χ2n) is 4.69. The molecular formula is C12H13F3N2O2. The van der Waals surface area contributed by atoms with Gasteiger partial charge in [-0.15, -0.1) is 0 Å². The minimum atomic E-state index is -4.72. The van der Waals surface area contributed by atoms with Crippen molar-refractivity contribution >= 4 is 11.7 Å². The maximum Gasteiger partial charge on any atom is 0.420 e. The molecule has 7 heteroatoms. The number of amides is 2. The third kappa shape index (κ3) is 2.65. The van der Waals surface area contributed by atoms with Crippen molar-refractivity contribution in [2.75, 3.05) is 18.4 Å². The van der Waals surface area contributed by atoms with Crippen molar-refractivity contribution in [3.63, 3.8) is 0 Å². The lowest BCUT2D eigenvalue weighted by atomic mass is 9.94. The summed E-state index contributed by atoms with van der Waals surface area (Å²) in [6.45, 7) is 0.351. The largest absolute Gasteiger partial charge is 0.420 e. The number of urea groups is 1. The molecule has 19 heavy (non-hydrogen) atoms. The average Bonchev–Trinajstić information content (AvgIpc) is 2.23. The molecule has 1 fully saturated rings. The van der Waals surface area contributed by atoms with Crippen LogP contribution >= 0.6 is 0 Å². The van der Waals surface area contributed by atoms with Crippen LogP contribution in [0.5, 0.6) is 0 Å². The second-order valence-corrected chi connectivity index (χ2v) is 4.69. The van der Waals surface area contributed by atoms with Crippen LogP contribution in [0.3, 0.4) is 0 Å². The number of carbonyl (C=O) groups is 1. The number of carbonyl (C=O) groups excluding carboxylic acids is 1. The molecule has 1 aliphatic heterocycles. The zero-order valence-electron chi connectivity index (χ0n) is 10.2. The highest BCUT2D eigenvalue weighted by atomic mass is 19.4. The van der Waals surface area contributed by atoms with E-state index in [-0.39, 0.29) is 0 Å². The molecule has 1 aliphatic rings. The Labute approximate surface area is 107 Å². The first-order valence-electron chi connectivity index (χ1n) is 5.63. The number of anilines is 1. The molecule has 1 aromatic carbocycles. The van der Waals surface area contributed by atoms with Crippen molar-refractivity contribution in [3.8, 4) is 0 Å². The summed E-state index contributed by atoms with van der Waals surface area (Å²) in [6.07, 6.45) is -4.72. The zero-order chi connectivity index (χ0) is 14.3. The van der Waals surface area contributed by atoms with E-state index in [2.05, 4.69) is 5.32 Å². The molecule has 2 rings (SSSR count). The summed E-state index contributed by atoms with van der Waals surface area (Å²) in [7, 11) is 0. The molecule has 0 aromatic heterocycles. The number of benzene rings is 1. The van der Waals surface area contributed by atoms with Crippen LogP contribution in [0.2, 0.25) is 0 Å². The molecule has 104 valence electrons. The minimum absolute atomic E-state index is 0.507. The Morgan fingerprint density at radius 3 is 2.58 bits per heavy atom. The number of rotatable bonds is 1. The number of alkyl halides is 3. The van der Waals surface area contributed by atoms with Crippen LogP contribution in [0.1, 0.15) is 5.56 Å². The minimum Gasteiger partial charge on any atom is -0.378 e. The smallest absolute Gasteiger partial charge is 0.378 e. The van der Waals surface area contributed by atoms with Crippen molar-refractivity contribution in [3.05, 3.63) is 29.8 Å². The maximum absolute atomic E-state index is 12.4. The van der Waals surface area contributed by atoms with Gasteiger partial charge in [0.25, 0.3) is 0 Å². The molecule has 0 aliphatic carbocycles. The van der Waals surface area contributed by atoms with Gasteiger partial charge in [0.2, 0.25) is 0 Å². The van der Waals surface area contributed by atoms with Crippen LogP contribution in [0.4, 0.5) is 23.7 Å². The fourth-order valence-corrected chi connectivity index (χ4v) is 1.83. The predicted molar refractivity (Wildman–Crippen MR) is 62.8 cm³/mol. The summed E-state index contributed by atoms with van der Waals surface area (Å²) in [4.78, 5) is 12.6. The SMILES string of the molecule is Cc1cccc(NC(=O)N2CC(O)(C(F)(F)F)C2)c1. The number of aryl methyl sites for hydroxylation is 1. The lowest BCUT2D eigenvalue weighted by Gasteiger charge is -2.46. The van der Waals surface area contributed by atoms with Crippen LogP contribution in [0.15, 0.2) is 24.3 Å². The topological polar surface area (TPSA) is 52.6 Å². The summed E-state index contributed by atoms with van der Waals surface area (Å²) in [5.41, 5.74) is -1.35. The van der Waals surface area contributed by atoms with Crippen molar-refractivity contribution in [2.24, 2.45) is 0 Å². The third-order valence-electron chi connectivity index (χ3n) is 2.99. The Balaban J connectivity index is 1.94. The Bertz CT molecular complexity index is 496. The van der Waals surface area contributed by atoms with Crippen LogP contribution in [-0.2, 0) is 0 Å². The quantitative estimate of drug-likeness (QED) is 0.824. The van der Waals surface area contributed by atoms with Crippen LogP contribution in [0.25, 0.3) is 0 Å². The number of β-amino-alcohol motifs (C(OH)–C–C–N with tert-alkyl or cyclic N) is 1. The molecule has 0 radical (unpaired) electrons. The lowest BCUT2D eigenvalue weighted by molar-refractivity contribution is -0.293. The normalized spacial score (nSPS) is 17.8. The monoisotopic (exact) mass is 274 g/mol. The number of hydrogen-bond donors (Lipinski definition) is 2. The van der Waals surface area contributed by atoms with Gasteiger partial charge >= 0.3 is 12.2 Å². The van der Waals surface area contributed by atoms with E-state index >= 15 is 0 Å². The number of likely N-dealkylation sites (tertiary alicyclic amines) is 1. The Morgan fingerprint density at radius 1 is 1.42 bits per heavy atom. The van der Waals surface area contributed by atoms with E-state index in [1.54, 1.807) is 18.2 Å². The van der Waals surface area contributed by atoms with Crippen molar-refractivity contribution in [2.45, 2.75) is 18.7 Å². The molecule has 0 saturated carbocycles. The standard InChI is InChI=1S/C12H13F3N2O2/c1-8-3-2-4-9(5-8)16-10(18)17-6-11(19,7-17)12(13,14)15/h2-5,19H,6-7H2,1H3,(H,16,18). The predicted octanol–water partition coefficient (Wildman–Crippen LogP) is 2.14. The first-order valence-corrected chi connectivity index (χ1v) is 5.63. The summed E-state index contributed by atoms with van der Waals surface area (Å²) < 4.78 is 37.2. The number of aliphatic hydroxyl groups is 1. The number of nitrogens with one attached hydrogen (secondary N) is 1. The van der Waals surface area contributed by atoms with E-state index in [1.807, 2.05) is 13.0 Å². The fourth-order valence-electron chi connectivity index (χ4n) is 1.83. The van der Waals surface area contributed by atoms with Gasteiger partial charge in [-0.25, -0.2) is 4.79 Å². The second kappa shape index (κ2) is 4.41. The van der Waals surface area contributed by atoms with Crippen molar-refractivity contribution in [1.29, 1.82) is 0 Å². The molecular weight excluding hydrogens is 261 g/mol. The average molecular weight is 274 g/mol. The highest BCUT2D eigenvalue weighted by molar-refractivity contribution is 5.90. The fraction of sp³-hybridized carbons (Fsp3) is 0.417. The van der Waals surface area contributed by atoms with Crippen LogP contribution < -0.4 is 5.32 Å². The third-order valence-corrected chi connectivity index (χ3v) is 2.99. The summed E-state index contributed by atoms with van der Waals surface area (Å²) in [6, 6.07) is 6.25. The van der Waals surface area contributed by atoms with Gasteiger partial charge in [-0.3, -0.25) is 0 Å². The first-order chi connectivity index (χ1) is 8.71. The number of hydrogen-bond acceptors (Lipinski definition) is 2. The molecule has 1 saturated heterocycles. The van der Waals surface area contributed by atoms with Crippen molar-refractivity contribution < 1.29 is 23.1 Å². The van der Waals surface area contributed by atoms with Gasteiger partial charge in [0, 0.05) is 5.69 Å². The van der Waals surface area contributed by atoms with Crippen molar-refractivity contribution in [1.82, 2.24) is 4.90 Å². The molecule has 0 unspecified atom stereocenters. The number of halogens is 3. The molecule has 0 atom stereocenters. The van der Waals surface area contributed by atoms with Gasteiger partial charge in [0.1, 0.15) is 0 Å². The Kier molecular flexibility index (Phi) is 3.17. The summed E-state index contributed by atoms with van der Waals surface area (Å²) in [5, 5.41) is 11.7. The van der Waals surface area contributed by atoms with Crippen LogP contribution in [-0.4, -0.2) is 40.9 Å². The molecule has 0 spiro atoms. The summed E-state index contributed by atoms with van der Waals surface area (Å²) >= 11 is 0. The molecule has 1 heterocycles. The van der Waals surface area contributed by atoms with Gasteiger partial charge in [-0.1, -0.05) is 12.1 Å².